The van der Waals surface area contributed by atoms with Crippen molar-refractivity contribution in [2.45, 2.75) is 19.4 Å². The van der Waals surface area contributed by atoms with Crippen LogP contribution in [-0.2, 0) is 11.3 Å². The van der Waals surface area contributed by atoms with Gasteiger partial charge in [0.2, 0.25) is 0 Å². The molecule has 0 aromatic heterocycles. The van der Waals surface area contributed by atoms with Crippen LogP contribution in [0.1, 0.15) is 18.4 Å². The number of benzene rings is 1. The minimum Gasteiger partial charge on any atom is -0.497 e. The molecule has 0 amide bonds. The second kappa shape index (κ2) is 6.62. The van der Waals surface area contributed by atoms with Crippen molar-refractivity contribution in [3.63, 3.8) is 0 Å². The molecule has 0 spiro atoms. The molecule has 1 heterocycles. The molecule has 1 aliphatic rings. The third kappa shape index (κ3) is 4.02. The van der Waals surface area contributed by atoms with Crippen LogP contribution in [0.5, 0.6) is 5.75 Å². The lowest BCUT2D eigenvalue weighted by Crippen LogP contribution is -2.28. The van der Waals surface area contributed by atoms with Crippen molar-refractivity contribution >= 4 is 0 Å². The minimum atomic E-state index is 0.675. The normalized spacial score (nSPS) is 20.2. The molecule has 1 atom stereocenters. The molecule has 1 aliphatic heterocycles. The Labute approximate surface area is 103 Å². The Morgan fingerprint density at radius 2 is 2.41 bits per heavy atom. The fourth-order valence-electron chi connectivity index (χ4n) is 2.17. The van der Waals surface area contributed by atoms with Crippen LogP contribution in [0, 0.1) is 5.92 Å². The van der Waals surface area contributed by atoms with Crippen molar-refractivity contribution < 1.29 is 9.47 Å². The predicted octanol–water partition coefficient (Wildman–Crippen LogP) is 2.21. The average Bonchev–Trinajstić information content (AvgIpc) is 2.40. The molecule has 0 saturated carbocycles. The van der Waals surface area contributed by atoms with Crippen molar-refractivity contribution in [1.29, 1.82) is 0 Å². The van der Waals surface area contributed by atoms with Crippen LogP contribution < -0.4 is 10.1 Å². The van der Waals surface area contributed by atoms with Gasteiger partial charge in [0.25, 0.3) is 0 Å². The fraction of sp³-hybridized carbons (Fsp3) is 0.571. The highest BCUT2D eigenvalue weighted by Gasteiger charge is 2.12. The smallest absolute Gasteiger partial charge is 0.119 e. The number of hydrogen-bond donors (Lipinski definition) is 1. The quantitative estimate of drug-likeness (QED) is 0.848. The maximum absolute atomic E-state index is 5.46. The molecule has 0 aliphatic carbocycles. The first-order chi connectivity index (χ1) is 8.38. The summed E-state index contributed by atoms with van der Waals surface area (Å²) in [5, 5.41) is 3.49. The Hall–Kier alpha value is -1.06. The standard InChI is InChI=1S/C14H21NO2/c1-16-14-6-2-4-12(8-14)9-15-10-13-5-3-7-17-11-13/h2,4,6,8,13,15H,3,5,7,9-11H2,1H3. The summed E-state index contributed by atoms with van der Waals surface area (Å²) in [5.41, 5.74) is 1.26. The van der Waals surface area contributed by atoms with Crippen LogP contribution in [-0.4, -0.2) is 26.9 Å². The lowest BCUT2D eigenvalue weighted by Gasteiger charge is -2.22. The zero-order valence-electron chi connectivity index (χ0n) is 10.4. The van der Waals surface area contributed by atoms with E-state index in [-0.39, 0.29) is 0 Å². The first kappa shape index (κ1) is 12.4. The summed E-state index contributed by atoms with van der Waals surface area (Å²) in [4.78, 5) is 0. The van der Waals surface area contributed by atoms with Gasteiger partial charge in [-0.05, 0) is 36.5 Å². The third-order valence-corrected chi connectivity index (χ3v) is 3.15. The van der Waals surface area contributed by atoms with Crippen LogP contribution in [0.15, 0.2) is 24.3 Å². The summed E-state index contributed by atoms with van der Waals surface area (Å²) in [6.45, 7) is 3.78. The van der Waals surface area contributed by atoms with E-state index in [0.29, 0.717) is 5.92 Å². The molecule has 17 heavy (non-hydrogen) atoms. The first-order valence-electron chi connectivity index (χ1n) is 6.30. The summed E-state index contributed by atoms with van der Waals surface area (Å²) >= 11 is 0. The van der Waals surface area contributed by atoms with E-state index in [9.17, 15) is 0 Å². The molecule has 0 radical (unpaired) electrons. The number of methoxy groups -OCH3 is 1. The minimum absolute atomic E-state index is 0.675. The number of nitrogens with one attached hydrogen (secondary N) is 1. The summed E-state index contributed by atoms with van der Waals surface area (Å²) < 4.78 is 10.7. The maximum Gasteiger partial charge on any atom is 0.119 e. The van der Waals surface area contributed by atoms with Gasteiger partial charge in [-0.15, -0.1) is 0 Å². The second-order valence-corrected chi connectivity index (χ2v) is 4.57. The Balaban J connectivity index is 1.73. The van der Waals surface area contributed by atoms with E-state index in [1.54, 1.807) is 7.11 Å². The molecule has 1 fully saturated rings. The van der Waals surface area contributed by atoms with Crippen molar-refractivity contribution in [2.24, 2.45) is 5.92 Å². The molecule has 1 aromatic rings. The monoisotopic (exact) mass is 235 g/mol. The van der Waals surface area contributed by atoms with Crippen molar-refractivity contribution in [1.82, 2.24) is 5.32 Å². The van der Waals surface area contributed by atoms with Crippen LogP contribution >= 0.6 is 0 Å². The van der Waals surface area contributed by atoms with Crippen LogP contribution in [0.3, 0.4) is 0 Å². The number of rotatable bonds is 5. The first-order valence-corrected chi connectivity index (χ1v) is 6.30. The van der Waals surface area contributed by atoms with Gasteiger partial charge in [0, 0.05) is 19.7 Å². The van der Waals surface area contributed by atoms with Gasteiger partial charge in [-0.1, -0.05) is 12.1 Å². The summed E-state index contributed by atoms with van der Waals surface area (Å²) in [6.07, 6.45) is 2.48. The van der Waals surface area contributed by atoms with Gasteiger partial charge in [0.1, 0.15) is 5.75 Å². The van der Waals surface area contributed by atoms with Crippen LogP contribution in [0.2, 0.25) is 0 Å². The van der Waals surface area contributed by atoms with Gasteiger partial charge in [-0.25, -0.2) is 0 Å². The molecule has 2 rings (SSSR count). The van der Waals surface area contributed by atoms with Gasteiger partial charge in [0.05, 0.1) is 13.7 Å². The highest BCUT2D eigenvalue weighted by molar-refractivity contribution is 5.28. The molecule has 0 bridgehead atoms. The van der Waals surface area contributed by atoms with Crippen molar-refractivity contribution in [2.75, 3.05) is 26.9 Å². The summed E-state index contributed by atoms with van der Waals surface area (Å²) in [5.74, 6) is 1.60. The van der Waals surface area contributed by atoms with Gasteiger partial charge in [0.15, 0.2) is 0 Å². The van der Waals surface area contributed by atoms with E-state index >= 15 is 0 Å². The Morgan fingerprint density at radius 1 is 1.47 bits per heavy atom. The van der Waals surface area contributed by atoms with E-state index in [2.05, 4.69) is 17.4 Å². The maximum atomic E-state index is 5.46. The zero-order chi connectivity index (χ0) is 11.9. The van der Waals surface area contributed by atoms with Crippen molar-refractivity contribution in [3.8, 4) is 5.75 Å². The van der Waals surface area contributed by atoms with Gasteiger partial charge in [-0.3, -0.25) is 0 Å². The van der Waals surface area contributed by atoms with E-state index < -0.39 is 0 Å². The SMILES string of the molecule is COc1cccc(CNCC2CCCOC2)c1. The molecule has 3 nitrogen and oxygen atoms in total. The van der Waals surface area contributed by atoms with E-state index in [4.69, 9.17) is 9.47 Å². The predicted molar refractivity (Wildman–Crippen MR) is 68.2 cm³/mol. The Bertz CT molecular complexity index is 335. The largest absolute Gasteiger partial charge is 0.497 e. The Morgan fingerprint density at radius 3 is 3.18 bits per heavy atom. The molecule has 1 unspecified atom stereocenters. The topological polar surface area (TPSA) is 30.5 Å². The molecule has 1 aromatic carbocycles. The molecular weight excluding hydrogens is 214 g/mol. The molecule has 94 valence electrons. The summed E-state index contributed by atoms with van der Waals surface area (Å²) in [7, 11) is 1.70. The molecule has 1 saturated heterocycles. The fourth-order valence-corrected chi connectivity index (χ4v) is 2.17. The van der Waals surface area contributed by atoms with E-state index in [0.717, 1.165) is 32.1 Å². The summed E-state index contributed by atoms with van der Waals surface area (Å²) in [6, 6.07) is 8.19. The van der Waals surface area contributed by atoms with Crippen LogP contribution in [0.25, 0.3) is 0 Å². The number of ether oxygens (including phenoxy) is 2. The van der Waals surface area contributed by atoms with E-state index in [1.165, 1.54) is 18.4 Å². The van der Waals surface area contributed by atoms with Gasteiger partial charge in [-0.2, -0.15) is 0 Å². The molecule has 1 N–H and O–H groups in total. The third-order valence-electron chi connectivity index (χ3n) is 3.15. The highest BCUT2D eigenvalue weighted by atomic mass is 16.5. The Kier molecular flexibility index (Phi) is 4.83. The van der Waals surface area contributed by atoms with Crippen molar-refractivity contribution in [3.05, 3.63) is 29.8 Å². The molecule has 3 heteroatoms. The second-order valence-electron chi connectivity index (χ2n) is 4.57. The van der Waals surface area contributed by atoms with Crippen LogP contribution in [0.4, 0.5) is 0 Å². The lowest BCUT2D eigenvalue weighted by atomic mass is 10.0. The van der Waals surface area contributed by atoms with E-state index in [1.807, 2.05) is 12.1 Å². The average molecular weight is 235 g/mol. The van der Waals surface area contributed by atoms with Gasteiger partial charge >= 0.3 is 0 Å². The number of hydrogen-bond acceptors (Lipinski definition) is 3. The van der Waals surface area contributed by atoms with Gasteiger partial charge < -0.3 is 14.8 Å². The molecular formula is C14H21NO2. The lowest BCUT2D eigenvalue weighted by molar-refractivity contribution is 0.0547. The highest BCUT2D eigenvalue weighted by Crippen LogP contribution is 2.14. The zero-order valence-corrected chi connectivity index (χ0v) is 10.4.